The van der Waals surface area contributed by atoms with Crippen molar-refractivity contribution in [2.45, 2.75) is 25.9 Å². The second kappa shape index (κ2) is 11.0. The number of thiophene rings is 1. The summed E-state index contributed by atoms with van der Waals surface area (Å²) in [5.41, 5.74) is 1.03. The first-order valence-electron chi connectivity index (χ1n) is 8.03. The molecule has 25 heavy (non-hydrogen) atoms. The number of guanidine groups is 1. The Hall–Kier alpha value is -0.830. The van der Waals surface area contributed by atoms with E-state index in [1.165, 1.54) is 0 Å². The number of nitrogens with one attached hydrogen (secondary N) is 2. The lowest BCUT2D eigenvalue weighted by Gasteiger charge is -2.21. The summed E-state index contributed by atoms with van der Waals surface area (Å²) in [5.74, 6) is 0.694. The molecule has 3 N–H and O–H groups in total. The van der Waals surface area contributed by atoms with Crippen LogP contribution in [-0.4, -0.2) is 30.7 Å². The molecule has 0 amide bonds. The van der Waals surface area contributed by atoms with Crippen LogP contribution < -0.4 is 10.6 Å². The van der Waals surface area contributed by atoms with Gasteiger partial charge in [0.15, 0.2) is 5.96 Å². The van der Waals surface area contributed by atoms with Gasteiger partial charge in [0.05, 0.1) is 6.54 Å². The minimum Gasteiger partial charge on any atom is -0.383 e. The second-order valence-corrected chi connectivity index (χ2v) is 6.94. The van der Waals surface area contributed by atoms with Gasteiger partial charge in [0.2, 0.25) is 0 Å². The lowest BCUT2D eigenvalue weighted by atomic mass is 10.00. The van der Waals surface area contributed by atoms with Gasteiger partial charge in [0.25, 0.3) is 0 Å². The summed E-state index contributed by atoms with van der Waals surface area (Å²) in [7, 11) is 0. The number of aliphatic imine (C=N–C) groups is 1. The van der Waals surface area contributed by atoms with Gasteiger partial charge in [-0.1, -0.05) is 29.8 Å². The minimum atomic E-state index is -0.967. The predicted octanol–water partition coefficient (Wildman–Crippen LogP) is 4.02. The molecule has 0 aliphatic heterocycles. The molecule has 0 bridgehead atoms. The molecule has 0 saturated heterocycles. The van der Waals surface area contributed by atoms with E-state index in [2.05, 4.69) is 15.6 Å². The third-order valence-electron chi connectivity index (χ3n) is 3.68. The van der Waals surface area contributed by atoms with Crippen LogP contribution in [0.15, 0.2) is 46.1 Å². The molecule has 1 aromatic carbocycles. The molecule has 2 rings (SSSR count). The van der Waals surface area contributed by atoms with E-state index in [0.717, 1.165) is 35.7 Å². The van der Waals surface area contributed by atoms with Crippen LogP contribution in [0.5, 0.6) is 0 Å². The average molecular weight is 494 g/mol. The number of aliphatic hydroxyl groups is 1. The molecule has 0 saturated carbocycles. The van der Waals surface area contributed by atoms with Crippen molar-refractivity contribution in [3.8, 4) is 0 Å². The minimum absolute atomic E-state index is 0. The number of halogens is 2. The fourth-order valence-electron chi connectivity index (χ4n) is 2.25. The Morgan fingerprint density at radius 1 is 1.28 bits per heavy atom. The van der Waals surface area contributed by atoms with Crippen molar-refractivity contribution >= 4 is 52.9 Å². The Bertz CT molecular complexity index is 662. The van der Waals surface area contributed by atoms with Gasteiger partial charge in [-0.05, 0) is 54.3 Å². The molecule has 7 heteroatoms. The molecule has 138 valence electrons. The molecule has 0 spiro atoms. The van der Waals surface area contributed by atoms with E-state index in [0.29, 0.717) is 12.5 Å². The number of rotatable bonds is 7. The molecule has 0 aliphatic carbocycles. The van der Waals surface area contributed by atoms with Gasteiger partial charge in [-0.2, -0.15) is 11.3 Å². The van der Waals surface area contributed by atoms with Crippen LogP contribution >= 0.6 is 46.9 Å². The molecule has 0 radical (unpaired) electrons. The van der Waals surface area contributed by atoms with Gasteiger partial charge in [0.1, 0.15) is 5.60 Å². The average Bonchev–Trinajstić information content (AvgIpc) is 3.10. The van der Waals surface area contributed by atoms with Crippen molar-refractivity contribution in [3.05, 3.63) is 57.2 Å². The van der Waals surface area contributed by atoms with E-state index in [9.17, 15) is 5.11 Å². The molecule has 0 aliphatic rings. The van der Waals surface area contributed by atoms with Crippen LogP contribution in [0.2, 0.25) is 5.02 Å². The number of hydrogen-bond acceptors (Lipinski definition) is 3. The first-order chi connectivity index (χ1) is 11.5. The highest BCUT2D eigenvalue weighted by molar-refractivity contribution is 14.0. The standard InChI is InChI=1S/C18H24ClN3OS.HI/c1-3-20-17(21-10-8-14-6-4-5-7-16(14)19)22-13-18(2,23)15-9-11-24-12-15;/h4-7,9,11-12,23H,3,8,10,13H2,1-2H3,(H2,20,21,22);1H. The van der Waals surface area contributed by atoms with Crippen molar-refractivity contribution in [1.29, 1.82) is 0 Å². The van der Waals surface area contributed by atoms with Gasteiger partial charge in [0, 0.05) is 18.1 Å². The SMILES string of the molecule is CCNC(=NCC(C)(O)c1ccsc1)NCCc1ccccc1Cl.I. The quantitative estimate of drug-likeness (QED) is 0.310. The smallest absolute Gasteiger partial charge is 0.191 e. The summed E-state index contributed by atoms with van der Waals surface area (Å²) in [6.45, 7) is 5.58. The van der Waals surface area contributed by atoms with Crippen LogP contribution in [0, 0.1) is 0 Å². The van der Waals surface area contributed by atoms with E-state index in [4.69, 9.17) is 11.6 Å². The van der Waals surface area contributed by atoms with Crippen LogP contribution in [0.4, 0.5) is 0 Å². The summed E-state index contributed by atoms with van der Waals surface area (Å²) < 4.78 is 0. The molecule has 1 heterocycles. The Balaban J connectivity index is 0.00000312. The fourth-order valence-corrected chi connectivity index (χ4v) is 3.27. The molecule has 4 nitrogen and oxygen atoms in total. The van der Waals surface area contributed by atoms with Crippen LogP contribution in [0.3, 0.4) is 0 Å². The maximum atomic E-state index is 10.6. The summed E-state index contributed by atoms with van der Waals surface area (Å²) in [6.07, 6.45) is 0.811. The zero-order valence-corrected chi connectivity index (χ0v) is 18.4. The second-order valence-electron chi connectivity index (χ2n) is 5.75. The van der Waals surface area contributed by atoms with Crippen LogP contribution in [-0.2, 0) is 12.0 Å². The summed E-state index contributed by atoms with van der Waals surface area (Å²) in [6, 6.07) is 9.76. The monoisotopic (exact) mass is 493 g/mol. The van der Waals surface area contributed by atoms with E-state index in [1.54, 1.807) is 18.3 Å². The zero-order chi connectivity index (χ0) is 17.4. The zero-order valence-electron chi connectivity index (χ0n) is 14.5. The molecular formula is C18H25ClIN3OS. The van der Waals surface area contributed by atoms with Crippen molar-refractivity contribution < 1.29 is 5.11 Å². The lowest BCUT2D eigenvalue weighted by molar-refractivity contribution is 0.0677. The topological polar surface area (TPSA) is 56.7 Å². The van der Waals surface area contributed by atoms with Gasteiger partial charge in [-0.15, -0.1) is 24.0 Å². The third-order valence-corrected chi connectivity index (χ3v) is 4.73. The van der Waals surface area contributed by atoms with E-state index >= 15 is 0 Å². The maximum Gasteiger partial charge on any atom is 0.191 e. The van der Waals surface area contributed by atoms with E-state index in [-0.39, 0.29) is 24.0 Å². The fraction of sp³-hybridized carbons (Fsp3) is 0.389. The van der Waals surface area contributed by atoms with Crippen LogP contribution in [0.1, 0.15) is 25.0 Å². The van der Waals surface area contributed by atoms with Gasteiger partial charge >= 0.3 is 0 Å². The van der Waals surface area contributed by atoms with Crippen molar-refractivity contribution in [2.24, 2.45) is 4.99 Å². The molecule has 1 aromatic heterocycles. The molecule has 1 atom stereocenters. The van der Waals surface area contributed by atoms with Gasteiger partial charge < -0.3 is 15.7 Å². The number of benzene rings is 1. The molecule has 1 unspecified atom stereocenters. The Morgan fingerprint density at radius 2 is 2.04 bits per heavy atom. The van der Waals surface area contributed by atoms with Crippen molar-refractivity contribution in [2.75, 3.05) is 19.6 Å². The maximum absolute atomic E-state index is 10.6. The first-order valence-corrected chi connectivity index (χ1v) is 9.35. The lowest BCUT2D eigenvalue weighted by Crippen LogP contribution is -2.39. The highest BCUT2D eigenvalue weighted by Gasteiger charge is 2.23. The normalized spacial score (nSPS) is 13.7. The Labute approximate surface area is 175 Å². The molecule has 2 aromatic rings. The predicted molar refractivity (Wildman–Crippen MR) is 118 cm³/mol. The van der Waals surface area contributed by atoms with Crippen molar-refractivity contribution in [1.82, 2.24) is 10.6 Å². The third kappa shape index (κ3) is 7.13. The summed E-state index contributed by atoms with van der Waals surface area (Å²) in [4.78, 5) is 4.51. The Morgan fingerprint density at radius 3 is 2.68 bits per heavy atom. The largest absolute Gasteiger partial charge is 0.383 e. The van der Waals surface area contributed by atoms with Crippen LogP contribution in [0.25, 0.3) is 0 Å². The van der Waals surface area contributed by atoms with Gasteiger partial charge in [-0.25, -0.2) is 4.99 Å². The van der Waals surface area contributed by atoms with E-state index < -0.39 is 5.60 Å². The highest BCUT2D eigenvalue weighted by Crippen LogP contribution is 2.23. The molecular weight excluding hydrogens is 469 g/mol. The number of nitrogens with zero attached hydrogens (tertiary/aromatic N) is 1. The van der Waals surface area contributed by atoms with Gasteiger partial charge in [-0.3, -0.25) is 0 Å². The highest BCUT2D eigenvalue weighted by atomic mass is 127. The summed E-state index contributed by atoms with van der Waals surface area (Å²) >= 11 is 7.74. The first kappa shape index (κ1) is 22.2. The Kier molecular flexibility index (Phi) is 9.78. The molecule has 0 fully saturated rings. The van der Waals surface area contributed by atoms with E-state index in [1.807, 2.05) is 48.0 Å². The summed E-state index contributed by atoms with van der Waals surface area (Å²) in [5, 5.41) is 21.7. The van der Waals surface area contributed by atoms with Crippen molar-refractivity contribution in [3.63, 3.8) is 0 Å². The number of hydrogen-bond donors (Lipinski definition) is 3.